The van der Waals surface area contributed by atoms with Crippen LogP contribution >= 0.6 is 7.37 Å². The molecule has 3 aromatic rings. The van der Waals surface area contributed by atoms with Crippen molar-refractivity contribution in [3.8, 4) is 0 Å². The van der Waals surface area contributed by atoms with E-state index in [4.69, 9.17) is 4.52 Å². The predicted molar refractivity (Wildman–Crippen MR) is 105 cm³/mol. The fraction of sp³-hybridized carbons (Fsp3) is 0.143. The molecule has 0 bridgehead atoms. The van der Waals surface area contributed by atoms with E-state index in [1.165, 1.54) is 0 Å². The monoisotopic (exact) mass is 351 g/mol. The highest BCUT2D eigenvalue weighted by Crippen LogP contribution is 2.58. The quantitative estimate of drug-likeness (QED) is 0.576. The van der Waals surface area contributed by atoms with Gasteiger partial charge in [0.1, 0.15) is 5.78 Å². The molecule has 0 aliphatic carbocycles. The number of hydrogen-bond donors (Lipinski definition) is 1. The lowest BCUT2D eigenvalue weighted by Gasteiger charge is -2.29. The summed E-state index contributed by atoms with van der Waals surface area (Å²) < 4.78 is 19.9. The Morgan fingerprint density at radius 3 is 1.92 bits per heavy atom. The van der Waals surface area contributed by atoms with Crippen molar-refractivity contribution >= 4 is 18.4 Å². The standard InChI is InChI=1S/C21H22NO2P/c1-2-24-25(23,20-16-10-5-11-17-20)21(18-12-6-3-7-13-18)22-19-14-8-4-9-15-19/h3-17,21-22H,2H2,1H3. The lowest BCUT2D eigenvalue weighted by molar-refractivity contribution is 0.335. The summed E-state index contributed by atoms with van der Waals surface area (Å²) in [7, 11) is -3.18. The van der Waals surface area contributed by atoms with Crippen molar-refractivity contribution in [2.75, 3.05) is 11.9 Å². The van der Waals surface area contributed by atoms with Gasteiger partial charge in [-0.1, -0.05) is 66.7 Å². The molecular weight excluding hydrogens is 329 g/mol. The molecule has 0 saturated carbocycles. The SMILES string of the molecule is CCOP(=O)(c1ccccc1)C(Nc1ccccc1)c1ccccc1. The van der Waals surface area contributed by atoms with E-state index in [9.17, 15) is 4.57 Å². The third-order valence-electron chi connectivity index (χ3n) is 3.97. The first-order valence-corrected chi connectivity index (χ1v) is 10.1. The molecule has 0 heterocycles. The van der Waals surface area contributed by atoms with Gasteiger partial charge in [-0.25, -0.2) is 0 Å². The Balaban J connectivity index is 2.09. The summed E-state index contributed by atoms with van der Waals surface area (Å²) in [5.41, 5.74) is 1.85. The number of para-hydroxylation sites is 1. The molecule has 0 saturated heterocycles. The smallest absolute Gasteiger partial charge is 0.258 e. The molecule has 0 aliphatic heterocycles. The minimum absolute atomic E-state index is 0.381. The zero-order valence-corrected chi connectivity index (χ0v) is 15.1. The predicted octanol–water partition coefficient (Wildman–Crippen LogP) is 5.44. The molecule has 0 spiro atoms. The van der Waals surface area contributed by atoms with Gasteiger partial charge in [-0.3, -0.25) is 4.57 Å². The highest BCUT2D eigenvalue weighted by molar-refractivity contribution is 7.67. The number of anilines is 1. The van der Waals surface area contributed by atoms with Crippen molar-refractivity contribution < 1.29 is 9.09 Å². The Morgan fingerprint density at radius 2 is 1.36 bits per heavy atom. The Morgan fingerprint density at radius 1 is 0.840 bits per heavy atom. The van der Waals surface area contributed by atoms with E-state index < -0.39 is 13.2 Å². The molecule has 1 N–H and O–H groups in total. The van der Waals surface area contributed by atoms with Crippen molar-refractivity contribution in [1.82, 2.24) is 0 Å². The van der Waals surface area contributed by atoms with Crippen LogP contribution in [-0.4, -0.2) is 6.61 Å². The van der Waals surface area contributed by atoms with Crippen LogP contribution in [0.15, 0.2) is 91.0 Å². The summed E-state index contributed by atoms with van der Waals surface area (Å²) in [6.07, 6.45) is 0. The Bertz CT molecular complexity index is 822. The maximum atomic E-state index is 14.0. The summed E-state index contributed by atoms with van der Waals surface area (Å²) in [4.78, 5) is 0. The molecule has 25 heavy (non-hydrogen) atoms. The summed E-state index contributed by atoms with van der Waals surface area (Å²) >= 11 is 0. The third-order valence-corrected chi connectivity index (χ3v) is 6.74. The third kappa shape index (κ3) is 4.01. The van der Waals surface area contributed by atoms with Gasteiger partial charge in [0, 0.05) is 11.0 Å². The Kier molecular flexibility index (Phi) is 5.70. The first kappa shape index (κ1) is 17.5. The maximum Gasteiger partial charge on any atom is 0.258 e. The zero-order chi connectivity index (χ0) is 17.5. The van der Waals surface area contributed by atoms with Crippen molar-refractivity contribution in [2.45, 2.75) is 12.7 Å². The zero-order valence-electron chi connectivity index (χ0n) is 14.2. The number of rotatable bonds is 7. The Hall–Kier alpha value is -2.35. The molecule has 3 nitrogen and oxygen atoms in total. The second-order valence-electron chi connectivity index (χ2n) is 5.67. The largest absolute Gasteiger partial charge is 0.370 e. The van der Waals surface area contributed by atoms with Crippen molar-refractivity contribution in [1.29, 1.82) is 0 Å². The molecule has 0 aromatic heterocycles. The van der Waals surface area contributed by atoms with E-state index >= 15 is 0 Å². The molecule has 0 aliphatic rings. The number of benzene rings is 3. The molecular formula is C21H22NO2P. The second kappa shape index (κ2) is 8.15. The first-order valence-electron chi connectivity index (χ1n) is 8.40. The van der Waals surface area contributed by atoms with Crippen LogP contribution in [0.5, 0.6) is 0 Å². The van der Waals surface area contributed by atoms with Crippen molar-refractivity contribution in [3.63, 3.8) is 0 Å². The highest BCUT2D eigenvalue weighted by Gasteiger charge is 2.37. The van der Waals surface area contributed by atoms with Gasteiger partial charge in [-0.15, -0.1) is 0 Å². The molecule has 2 atom stereocenters. The molecule has 0 radical (unpaired) electrons. The normalized spacial score (nSPS) is 14.4. The minimum atomic E-state index is -3.18. The van der Waals surface area contributed by atoms with Crippen LogP contribution in [0.1, 0.15) is 18.3 Å². The van der Waals surface area contributed by atoms with Gasteiger partial charge in [0.05, 0.1) is 6.61 Å². The fourth-order valence-corrected chi connectivity index (χ4v) is 5.27. The summed E-state index contributed by atoms with van der Waals surface area (Å²) in [6.45, 7) is 2.26. The summed E-state index contributed by atoms with van der Waals surface area (Å²) in [6, 6.07) is 29.1. The maximum absolute atomic E-state index is 14.0. The molecule has 4 heteroatoms. The molecule has 3 aromatic carbocycles. The van der Waals surface area contributed by atoms with Gasteiger partial charge in [-0.05, 0) is 36.8 Å². The van der Waals surface area contributed by atoms with Gasteiger partial charge < -0.3 is 9.84 Å². The first-order chi connectivity index (χ1) is 12.2. The van der Waals surface area contributed by atoms with Crippen LogP contribution < -0.4 is 10.6 Å². The van der Waals surface area contributed by atoms with Gasteiger partial charge in [-0.2, -0.15) is 0 Å². The van der Waals surface area contributed by atoms with Crippen LogP contribution in [0, 0.1) is 0 Å². The van der Waals surface area contributed by atoms with E-state index in [2.05, 4.69) is 5.32 Å². The average molecular weight is 351 g/mol. The van der Waals surface area contributed by atoms with Crippen LogP contribution in [0.25, 0.3) is 0 Å². The highest BCUT2D eigenvalue weighted by atomic mass is 31.2. The van der Waals surface area contributed by atoms with Crippen LogP contribution in [0.3, 0.4) is 0 Å². The Labute approximate surface area is 149 Å². The van der Waals surface area contributed by atoms with Gasteiger partial charge in [0.15, 0.2) is 0 Å². The van der Waals surface area contributed by atoms with Crippen LogP contribution in [0.2, 0.25) is 0 Å². The molecule has 128 valence electrons. The van der Waals surface area contributed by atoms with Gasteiger partial charge >= 0.3 is 0 Å². The summed E-state index contributed by atoms with van der Waals surface area (Å²) in [5.74, 6) is -0.460. The minimum Gasteiger partial charge on any atom is -0.370 e. The molecule has 3 rings (SSSR count). The van der Waals surface area contributed by atoms with Crippen molar-refractivity contribution in [3.05, 3.63) is 96.6 Å². The van der Waals surface area contributed by atoms with E-state index in [0.29, 0.717) is 11.9 Å². The van der Waals surface area contributed by atoms with E-state index in [1.54, 1.807) is 0 Å². The lowest BCUT2D eigenvalue weighted by atomic mass is 10.2. The average Bonchev–Trinajstić information content (AvgIpc) is 2.68. The topological polar surface area (TPSA) is 38.3 Å². The lowest BCUT2D eigenvalue weighted by Crippen LogP contribution is -2.20. The number of nitrogens with one attached hydrogen (secondary N) is 1. The van der Waals surface area contributed by atoms with E-state index in [-0.39, 0.29) is 0 Å². The van der Waals surface area contributed by atoms with E-state index in [1.807, 2.05) is 97.9 Å². The van der Waals surface area contributed by atoms with Crippen molar-refractivity contribution in [2.24, 2.45) is 0 Å². The van der Waals surface area contributed by atoms with Crippen LogP contribution in [0.4, 0.5) is 5.69 Å². The number of hydrogen-bond acceptors (Lipinski definition) is 3. The molecule has 2 unspecified atom stereocenters. The molecule has 0 amide bonds. The van der Waals surface area contributed by atoms with Crippen LogP contribution in [-0.2, 0) is 9.09 Å². The second-order valence-corrected chi connectivity index (χ2v) is 8.16. The molecule has 0 fully saturated rings. The fourth-order valence-electron chi connectivity index (χ4n) is 2.82. The summed E-state index contributed by atoms with van der Waals surface area (Å²) in [5, 5.41) is 4.15. The van der Waals surface area contributed by atoms with E-state index in [0.717, 1.165) is 11.3 Å². The van der Waals surface area contributed by atoms with Gasteiger partial charge in [0.25, 0.3) is 7.37 Å². The van der Waals surface area contributed by atoms with Gasteiger partial charge in [0.2, 0.25) is 0 Å².